The summed E-state index contributed by atoms with van der Waals surface area (Å²) >= 11 is 0. The lowest BCUT2D eigenvalue weighted by atomic mass is 10.2. The molecule has 0 fully saturated rings. The lowest BCUT2D eigenvalue weighted by Gasteiger charge is -2.18. The molecule has 0 unspecified atom stereocenters. The largest absolute Gasteiger partial charge is 0.486 e. The number of anilines is 1. The average molecular weight is 391 g/mol. The monoisotopic (exact) mass is 391 g/mol. The van der Waals surface area contributed by atoms with Crippen LogP contribution in [0.1, 0.15) is 17.3 Å². The molecule has 142 valence electrons. The number of carbonyl (C=O) groups is 2. The zero-order valence-electron chi connectivity index (χ0n) is 14.3. The Morgan fingerprint density at radius 2 is 1.63 bits per heavy atom. The smallest absolute Gasteiger partial charge is 0.266 e. The van der Waals surface area contributed by atoms with Crippen LogP contribution in [0.4, 0.5) is 5.69 Å². The Kier molecular flexibility index (Phi) is 5.28. The van der Waals surface area contributed by atoms with E-state index in [-0.39, 0.29) is 16.4 Å². The van der Waals surface area contributed by atoms with Crippen LogP contribution in [-0.4, -0.2) is 33.4 Å². The Morgan fingerprint density at radius 1 is 0.963 bits per heavy atom. The third kappa shape index (κ3) is 4.54. The number of hydrogen-bond donors (Lipinski definition) is 3. The van der Waals surface area contributed by atoms with Crippen molar-refractivity contribution in [3.63, 3.8) is 0 Å². The lowest BCUT2D eigenvalue weighted by molar-refractivity contribution is -0.114. The molecule has 0 spiro atoms. The van der Waals surface area contributed by atoms with E-state index in [1.807, 2.05) is 4.83 Å². The van der Waals surface area contributed by atoms with Crippen molar-refractivity contribution in [2.24, 2.45) is 0 Å². The van der Waals surface area contributed by atoms with Gasteiger partial charge in [0.05, 0.1) is 4.90 Å². The van der Waals surface area contributed by atoms with Gasteiger partial charge in [0.15, 0.2) is 11.5 Å². The quantitative estimate of drug-likeness (QED) is 0.655. The van der Waals surface area contributed by atoms with E-state index in [1.54, 1.807) is 6.07 Å². The first-order chi connectivity index (χ1) is 12.8. The molecule has 0 atom stereocenters. The Balaban J connectivity index is 1.66. The molecule has 2 aromatic rings. The highest BCUT2D eigenvalue weighted by Gasteiger charge is 2.18. The maximum absolute atomic E-state index is 12.3. The highest BCUT2D eigenvalue weighted by molar-refractivity contribution is 7.89. The summed E-state index contributed by atoms with van der Waals surface area (Å²) in [5.41, 5.74) is 2.82. The number of sulfonamides is 1. The zero-order valence-corrected chi connectivity index (χ0v) is 15.1. The minimum Gasteiger partial charge on any atom is -0.486 e. The van der Waals surface area contributed by atoms with E-state index >= 15 is 0 Å². The molecule has 1 heterocycles. The van der Waals surface area contributed by atoms with E-state index < -0.39 is 15.9 Å². The topological polar surface area (TPSA) is 123 Å². The number of fused-ring (bicyclic) bond motifs is 1. The number of nitrogens with one attached hydrogen (secondary N) is 3. The van der Waals surface area contributed by atoms with Crippen molar-refractivity contribution in [3.8, 4) is 11.5 Å². The molecule has 9 nitrogen and oxygen atoms in total. The van der Waals surface area contributed by atoms with E-state index in [9.17, 15) is 18.0 Å². The molecule has 2 amide bonds. The molecule has 2 aromatic carbocycles. The molecule has 1 aliphatic rings. The fraction of sp³-hybridized carbons (Fsp3) is 0.176. The number of hydrazine groups is 1. The van der Waals surface area contributed by atoms with Crippen LogP contribution in [0.3, 0.4) is 0 Å². The number of amides is 2. The summed E-state index contributed by atoms with van der Waals surface area (Å²) in [6.45, 7) is 2.15. The number of benzene rings is 2. The van der Waals surface area contributed by atoms with Gasteiger partial charge in [-0.05, 0) is 42.5 Å². The molecule has 0 saturated heterocycles. The van der Waals surface area contributed by atoms with Crippen LogP contribution in [0.25, 0.3) is 0 Å². The van der Waals surface area contributed by atoms with E-state index in [4.69, 9.17) is 9.47 Å². The van der Waals surface area contributed by atoms with Gasteiger partial charge in [-0.1, -0.05) is 0 Å². The number of ether oxygens (including phenoxy) is 2. The second-order valence-corrected chi connectivity index (χ2v) is 7.31. The Bertz CT molecular complexity index is 973. The Hall–Kier alpha value is -3.11. The van der Waals surface area contributed by atoms with Crippen LogP contribution >= 0.6 is 0 Å². The molecular weight excluding hydrogens is 374 g/mol. The van der Waals surface area contributed by atoms with E-state index in [2.05, 4.69) is 10.7 Å². The minimum atomic E-state index is -3.98. The standard InChI is InChI=1S/C17H17N3O6S/c1-11(21)18-13-3-5-14(6-4-13)27(23,24)20-19-17(22)12-2-7-15-16(10-12)26-9-8-25-15/h2-7,10,20H,8-9H2,1H3,(H,18,21)(H,19,22). The summed E-state index contributed by atoms with van der Waals surface area (Å²) in [7, 11) is -3.98. The Labute approximate surface area is 155 Å². The fourth-order valence-corrected chi connectivity index (χ4v) is 3.19. The van der Waals surface area contributed by atoms with Crippen molar-refractivity contribution in [1.29, 1.82) is 0 Å². The summed E-state index contributed by atoms with van der Waals surface area (Å²) in [4.78, 5) is 25.1. The molecule has 10 heteroatoms. The van der Waals surface area contributed by atoms with Crippen molar-refractivity contribution >= 4 is 27.5 Å². The molecule has 1 aliphatic heterocycles. The van der Waals surface area contributed by atoms with Crippen LogP contribution < -0.4 is 25.0 Å². The van der Waals surface area contributed by atoms with Crippen molar-refractivity contribution in [2.45, 2.75) is 11.8 Å². The maximum Gasteiger partial charge on any atom is 0.266 e. The molecule has 0 aromatic heterocycles. The molecule has 0 radical (unpaired) electrons. The first-order valence-electron chi connectivity index (χ1n) is 7.94. The highest BCUT2D eigenvalue weighted by Crippen LogP contribution is 2.30. The lowest BCUT2D eigenvalue weighted by Crippen LogP contribution is -2.41. The SMILES string of the molecule is CC(=O)Nc1ccc(S(=O)(=O)NNC(=O)c2ccc3c(c2)OCCO3)cc1. The zero-order chi connectivity index (χ0) is 19.4. The molecule has 27 heavy (non-hydrogen) atoms. The van der Waals surface area contributed by atoms with Crippen molar-refractivity contribution < 1.29 is 27.5 Å². The second-order valence-electron chi connectivity index (χ2n) is 5.62. The number of rotatable bonds is 5. The molecule has 0 bridgehead atoms. The van der Waals surface area contributed by atoms with Gasteiger partial charge in [0, 0.05) is 18.2 Å². The summed E-state index contributed by atoms with van der Waals surface area (Å²) in [5.74, 6) is 0.0313. The average Bonchev–Trinajstić information content (AvgIpc) is 2.66. The van der Waals surface area contributed by atoms with Crippen molar-refractivity contribution in [1.82, 2.24) is 10.3 Å². The van der Waals surface area contributed by atoms with E-state index in [0.29, 0.717) is 30.4 Å². The first-order valence-corrected chi connectivity index (χ1v) is 9.43. The van der Waals surface area contributed by atoms with Gasteiger partial charge >= 0.3 is 0 Å². The van der Waals surface area contributed by atoms with Gasteiger partial charge in [-0.15, -0.1) is 4.83 Å². The highest BCUT2D eigenvalue weighted by atomic mass is 32.2. The summed E-state index contributed by atoms with van der Waals surface area (Å²) in [5, 5.41) is 2.53. The van der Waals surface area contributed by atoms with Crippen molar-refractivity contribution in [3.05, 3.63) is 48.0 Å². The summed E-state index contributed by atoms with van der Waals surface area (Å²) in [6.07, 6.45) is 0. The molecule has 0 aliphatic carbocycles. The van der Waals surface area contributed by atoms with E-state index in [1.165, 1.54) is 43.3 Å². The third-order valence-corrected chi connectivity index (χ3v) is 4.85. The van der Waals surface area contributed by atoms with Gasteiger partial charge in [-0.2, -0.15) is 0 Å². The summed E-state index contributed by atoms with van der Waals surface area (Å²) in [6, 6.07) is 10.1. The fourth-order valence-electron chi connectivity index (χ4n) is 2.35. The minimum absolute atomic E-state index is 0.0703. The number of carbonyl (C=O) groups excluding carboxylic acids is 2. The third-order valence-electron chi connectivity index (χ3n) is 3.59. The van der Waals surface area contributed by atoms with Gasteiger partial charge < -0.3 is 14.8 Å². The predicted octanol–water partition coefficient (Wildman–Crippen LogP) is 1.04. The van der Waals surface area contributed by atoms with Crippen LogP contribution in [-0.2, 0) is 14.8 Å². The molecular formula is C17H17N3O6S. The van der Waals surface area contributed by atoms with Gasteiger partial charge in [0.2, 0.25) is 5.91 Å². The van der Waals surface area contributed by atoms with Gasteiger partial charge in [0.1, 0.15) is 13.2 Å². The van der Waals surface area contributed by atoms with E-state index in [0.717, 1.165) is 0 Å². The van der Waals surface area contributed by atoms with Gasteiger partial charge in [-0.25, -0.2) is 8.42 Å². The molecule has 3 N–H and O–H groups in total. The normalized spacial score (nSPS) is 12.9. The first kappa shape index (κ1) is 18.7. The van der Waals surface area contributed by atoms with Crippen LogP contribution in [0, 0.1) is 0 Å². The second kappa shape index (κ2) is 7.64. The van der Waals surface area contributed by atoms with Crippen molar-refractivity contribution in [2.75, 3.05) is 18.5 Å². The molecule has 0 saturated carbocycles. The predicted molar refractivity (Wildman–Crippen MR) is 96.0 cm³/mol. The van der Waals surface area contributed by atoms with Gasteiger partial charge in [-0.3, -0.25) is 15.0 Å². The van der Waals surface area contributed by atoms with Crippen LogP contribution in [0.5, 0.6) is 11.5 Å². The summed E-state index contributed by atoms with van der Waals surface area (Å²) < 4.78 is 35.3. The Morgan fingerprint density at radius 3 is 2.30 bits per heavy atom. The van der Waals surface area contributed by atoms with Crippen LogP contribution in [0.15, 0.2) is 47.4 Å². The molecule has 3 rings (SSSR count). The number of hydrogen-bond acceptors (Lipinski definition) is 6. The maximum atomic E-state index is 12.3. The van der Waals surface area contributed by atoms with Gasteiger partial charge in [0.25, 0.3) is 15.9 Å². The van der Waals surface area contributed by atoms with Crippen LogP contribution in [0.2, 0.25) is 0 Å².